The van der Waals surface area contributed by atoms with Crippen LogP contribution in [0.3, 0.4) is 0 Å². The van der Waals surface area contributed by atoms with E-state index in [1.54, 1.807) is 49.4 Å². The molecule has 0 radical (unpaired) electrons. The van der Waals surface area contributed by atoms with Crippen LogP contribution >= 0.6 is 0 Å². The zero-order chi connectivity index (χ0) is 17.5. The summed E-state index contributed by atoms with van der Waals surface area (Å²) < 4.78 is 15.8. The quantitative estimate of drug-likeness (QED) is 0.457. The first-order valence-electron chi connectivity index (χ1n) is 7.09. The summed E-state index contributed by atoms with van der Waals surface area (Å²) in [5, 5.41) is 0. The molecule has 5 heteroatoms. The predicted molar refractivity (Wildman–Crippen MR) is 89.4 cm³/mol. The normalized spacial score (nSPS) is 9.71. The number of benzene rings is 2. The second-order valence-electron chi connectivity index (χ2n) is 4.75. The molecule has 0 aliphatic carbocycles. The molecule has 0 atom stereocenters. The van der Waals surface area contributed by atoms with E-state index in [0.717, 1.165) is 17.7 Å². The molecule has 122 valence electrons. The molecule has 0 aliphatic heterocycles. The van der Waals surface area contributed by atoms with E-state index in [-0.39, 0.29) is 0 Å². The summed E-state index contributed by atoms with van der Waals surface area (Å²) in [5.74, 6) is 0.958. The molecular weight excluding hydrogens is 308 g/mol. The van der Waals surface area contributed by atoms with Gasteiger partial charge in [-0.05, 0) is 55.0 Å². The number of hydrogen-bond acceptors (Lipinski definition) is 5. The van der Waals surface area contributed by atoms with E-state index in [2.05, 4.69) is 13.2 Å². The van der Waals surface area contributed by atoms with Crippen molar-refractivity contribution in [1.82, 2.24) is 0 Å². The Bertz CT molecular complexity index is 775. The van der Waals surface area contributed by atoms with Crippen molar-refractivity contribution in [3.05, 3.63) is 73.3 Å². The molecule has 0 bridgehead atoms. The van der Waals surface area contributed by atoms with Gasteiger partial charge < -0.3 is 14.2 Å². The molecule has 2 aromatic carbocycles. The molecule has 0 aromatic heterocycles. The molecule has 0 aliphatic rings. The van der Waals surface area contributed by atoms with E-state index in [4.69, 9.17) is 14.2 Å². The topological polar surface area (TPSA) is 61.8 Å². The van der Waals surface area contributed by atoms with Crippen LogP contribution in [-0.4, -0.2) is 11.9 Å². The summed E-state index contributed by atoms with van der Waals surface area (Å²) in [6.45, 7) is 8.49. The van der Waals surface area contributed by atoms with Crippen LogP contribution in [0.2, 0.25) is 0 Å². The van der Waals surface area contributed by atoms with Gasteiger partial charge in [0.05, 0.1) is 0 Å². The fourth-order valence-corrected chi connectivity index (χ4v) is 1.82. The van der Waals surface area contributed by atoms with Gasteiger partial charge in [0.1, 0.15) is 23.0 Å². The van der Waals surface area contributed by atoms with Gasteiger partial charge in [0.15, 0.2) is 0 Å². The van der Waals surface area contributed by atoms with Crippen molar-refractivity contribution in [1.29, 1.82) is 0 Å². The number of esters is 2. The maximum atomic E-state index is 11.2. The molecule has 0 saturated carbocycles. The summed E-state index contributed by atoms with van der Waals surface area (Å²) in [6.07, 6.45) is 2.19. The SMILES string of the molecule is C=CC(=O)Oc1ccc(Oc2ccc(OC(=O)C=C)c(C)c2)cc1. The van der Waals surface area contributed by atoms with E-state index in [0.29, 0.717) is 23.0 Å². The molecule has 0 fully saturated rings. The van der Waals surface area contributed by atoms with Crippen molar-refractivity contribution >= 4 is 11.9 Å². The van der Waals surface area contributed by atoms with E-state index in [9.17, 15) is 9.59 Å². The van der Waals surface area contributed by atoms with Gasteiger partial charge in [-0.1, -0.05) is 13.2 Å². The molecule has 2 rings (SSSR count). The highest BCUT2D eigenvalue weighted by Crippen LogP contribution is 2.28. The Balaban J connectivity index is 2.06. The van der Waals surface area contributed by atoms with Crippen LogP contribution in [0.25, 0.3) is 0 Å². The molecule has 0 spiro atoms. The summed E-state index contributed by atoms with van der Waals surface area (Å²) in [6, 6.07) is 11.7. The molecule has 0 unspecified atom stereocenters. The highest BCUT2D eigenvalue weighted by atomic mass is 16.5. The fraction of sp³-hybridized carbons (Fsp3) is 0.0526. The predicted octanol–water partition coefficient (Wildman–Crippen LogP) is 3.97. The monoisotopic (exact) mass is 324 g/mol. The first kappa shape index (κ1) is 17.0. The van der Waals surface area contributed by atoms with Crippen LogP contribution < -0.4 is 14.2 Å². The van der Waals surface area contributed by atoms with Crippen molar-refractivity contribution in [2.45, 2.75) is 6.92 Å². The van der Waals surface area contributed by atoms with Gasteiger partial charge in [-0.25, -0.2) is 9.59 Å². The molecule has 0 heterocycles. The van der Waals surface area contributed by atoms with E-state index in [1.807, 2.05) is 0 Å². The first-order chi connectivity index (χ1) is 11.5. The van der Waals surface area contributed by atoms with Gasteiger partial charge in [-0.2, -0.15) is 0 Å². The zero-order valence-corrected chi connectivity index (χ0v) is 13.2. The third-order valence-electron chi connectivity index (χ3n) is 2.97. The largest absolute Gasteiger partial charge is 0.457 e. The first-order valence-corrected chi connectivity index (χ1v) is 7.09. The van der Waals surface area contributed by atoms with Gasteiger partial charge in [-0.3, -0.25) is 0 Å². The lowest BCUT2D eigenvalue weighted by Gasteiger charge is -2.10. The van der Waals surface area contributed by atoms with Crippen molar-refractivity contribution in [2.24, 2.45) is 0 Å². The van der Waals surface area contributed by atoms with Crippen LogP contribution in [0.1, 0.15) is 5.56 Å². The summed E-state index contributed by atoms with van der Waals surface area (Å²) in [5.41, 5.74) is 0.749. The summed E-state index contributed by atoms with van der Waals surface area (Å²) in [4.78, 5) is 22.3. The van der Waals surface area contributed by atoms with Crippen molar-refractivity contribution in [2.75, 3.05) is 0 Å². The van der Waals surface area contributed by atoms with Gasteiger partial charge in [0, 0.05) is 12.2 Å². The third kappa shape index (κ3) is 4.58. The lowest BCUT2D eigenvalue weighted by molar-refractivity contribution is -0.129. The van der Waals surface area contributed by atoms with Gasteiger partial charge in [0.2, 0.25) is 0 Å². The lowest BCUT2D eigenvalue weighted by atomic mass is 10.2. The zero-order valence-electron chi connectivity index (χ0n) is 13.2. The van der Waals surface area contributed by atoms with Crippen LogP contribution in [-0.2, 0) is 9.59 Å². The van der Waals surface area contributed by atoms with Crippen molar-refractivity contribution < 1.29 is 23.8 Å². The second kappa shape index (κ2) is 7.78. The Morgan fingerprint density at radius 2 is 1.38 bits per heavy atom. The maximum absolute atomic E-state index is 11.2. The second-order valence-corrected chi connectivity index (χ2v) is 4.75. The molecule has 0 saturated heterocycles. The number of rotatable bonds is 6. The lowest BCUT2D eigenvalue weighted by Crippen LogP contribution is -2.04. The number of carbonyl (C=O) groups is 2. The van der Waals surface area contributed by atoms with Crippen LogP contribution in [0.15, 0.2) is 67.8 Å². The highest BCUT2D eigenvalue weighted by Gasteiger charge is 2.07. The molecule has 0 N–H and O–H groups in total. The van der Waals surface area contributed by atoms with E-state index in [1.165, 1.54) is 0 Å². The average Bonchev–Trinajstić information content (AvgIpc) is 2.58. The highest BCUT2D eigenvalue weighted by molar-refractivity contribution is 5.84. The number of ether oxygens (including phenoxy) is 3. The van der Waals surface area contributed by atoms with E-state index < -0.39 is 11.9 Å². The molecule has 0 amide bonds. The van der Waals surface area contributed by atoms with Crippen LogP contribution in [0.5, 0.6) is 23.0 Å². The Morgan fingerprint density at radius 1 is 0.833 bits per heavy atom. The maximum Gasteiger partial charge on any atom is 0.335 e. The Hall–Kier alpha value is -3.34. The minimum absolute atomic E-state index is 0.398. The van der Waals surface area contributed by atoms with Crippen LogP contribution in [0, 0.1) is 6.92 Å². The van der Waals surface area contributed by atoms with Gasteiger partial charge >= 0.3 is 11.9 Å². The van der Waals surface area contributed by atoms with Gasteiger partial charge in [0.25, 0.3) is 0 Å². The summed E-state index contributed by atoms with van der Waals surface area (Å²) >= 11 is 0. The van der Waals surface area contributed by atoms with Gasteiger partial charge in [-0.15, -0.1) is 0 Å². The smallest absolute Gasteiger partial charge is 0.335 e. The minimum Gasteiger partial charge on any atom is -0.457 e. The Labute approximate surface area is 139 Å². The number of aryl methyl sites for hydroxylation is 1. The molecular formula is C19H16O5. The number of hydrogen-bond donors (Lipinski definition) is 0. The minimum atomic E-state index is -0.524. The van der Waals surface area contributed by atoms with Crippen LogP contribution in [0.4, 0.5) is 0 Å². The molecule has 24 heavy (non-hydrogen) atoms. The van der Waals surface area contributed by atoms with Crippen molar-refractivity contribution in [3.8, 4) is 23.0 Å². The average molecular weight is 324 g/mol. The molecule has 2 aromatic rings. The Kier molecular flexibility index (Phi) is 5.52. The summed E-state index contributed by atoms with van der Waals surface area (Å²) in [7, 11) is 0. The Morgan fingerprint density at radius 3 is 1.96 bits per heavy atom. The third-order valence-corrected chi connectivity index (χ3v) is 2.97. The molecule has 5 nitrogen and oxygen atoms in total. The fourth-order valence-electron chi connectivity index (χ4n) is 1.82. The van der Waals surface area contributed by atoms with Crippen molar-refractivity contribution in [3.63, 3.8) is 0 Å². The number of carbonyl (C=O) groups excluding carboxylic acids is 2. The van der Waals surface area contributed by atoms with E-state index >= 15 is 0 Å². The standard InChI is InChI=1S/C19H16O5/c1-4-18(20)23-15-8-6-14(7-9-15)22-16-10-11-17(13(3)12-16)24-19(21)5-2/h4-12H,1-2H2,3H3.